The molecule has 0 saturated carbocycles. The van der Waals surface area contributed by atoms with Crippen LogP contribution in [0.5, 0.6) is 0 Å². The molecule has 2 rings (SSSR count). The Hall–Kier alpha value is -0.130. The first-order chi connectivity index (χ1) is 9.08. The number of nitrogens with one attached hydrogen (secondary N) is 1. The summed E-state index contributed by atoms with van der Waals surface area (Å²) in [5.74, 6) is -0.210. The first kappa shape index (κ1) is 20.9. The lowest BCUT2D eigenvalue weighted by molar-refractivity contribution is 0.172. The molecule has 0 bridgehead atoms. The van der Waals surface area contributed by atoms with E-state index >= 15 is 0 Å². The van der Waals surface area contributed by atoms with Gasteiger partial charge in [0, 0.05) is 32.2 Å². The molecule has 120 valence electrons. The minimum absolute atomic E-state index is 0. The van der Waals surface area contributed by atoms with E-state index in [2.05, 4.69) is 32.7 Å². The van der Waals surface area contributed by atoms with Gasteiger partial charge in [-0.15, -0.1) is 31.4 Å². The van der Waals surface area contributed by atoms with Crippen molar-refractivity contribution in [1.29, 1.82) is 0 Å². The molecule has 1 aliphatic rings. The molecule has 1 aliphatic heterocycles. The molecule has 1 heterocycles. The lowest BCUT2D eigenvalue weighted by Gasteiger charge is -2.35. The molecule has 0 aliphatic carbocycles. The first-order valence-electron chi connectivity index (χ1n) is 6.62. The van der Waals surface area contributed by atoms with E-state index in [0.29, 0.717) is 4.47 Å². The summed E-state index contributed by atoms with van der Waals surface area (Å²) >= 11 is 3.28. The fourth-order valence-electron chi connectivity index (χ4n) is 2.50. The van der Waals surface area contributed by atoms with Crippen molar-refractivity contribution < 1.29 is 4.39 Å². The SMILES string of the molecule is C=C(C)C[C@H](c1ccc(F)c(Br)c1)N1CCNCC1.Cl.Cl. The van der Waals surface area contributed by atoms with Crippen LogP contribution in [0.25, 0.3) is 0 Å². The van der Waals surface area contributed by atoms with Crippen LogP contribution >= 0.6 is 40.7 Å². The Morgan fingerprint density at radius 2 is 2.00 bits per heavy atom. The van der Waals surface area contributed by atoms with E-state index < -0.39 is 0 Å². The highest BCUT2D eigenvalue weighted by atomic mass is 79.9. The Kier molecular flexibility index (Phi) is 9.74. The smallest absolute Gasteiger partial charge is 0.137 e. The second-order valence-corrected chi connectivity index (χ2v) is 5.99. The summed E-state index contributed by atoms with van der Waals surface area (Å²) < 4.78 is 13.9. The maximum absolute atomic E-state index is 13.4. The van der Waals surface area contributed by atoms with Gasteiger partial charge in [0.1, 0.15) is 5.82 Å². The quantitative estimate of drug-likeness (QED) is 0.757. The molecule has 1 N–H and O–H groups in total. The number of piperazine rings is 1. The average molecular weight is 400 g/mol. The van der Waals surface area contributed by atoms with Crippen LogP contribution in [0, 0.1) is 5.82 Å². The minimum atomic E-state index is -0.210. The molecule has 1 atom stereocenters. The van der Waals surface area contributed by atoms with Gasteiger partial charge in [-0.2, -0.15) is 0 Å². The fourth-order valence-corrected chi connectivity index (χ4v) is 2.90. The van der Waals surface area contributed by atoms with Crippen molar-refractivity contribution in [3.05, 3.63) is 46.2 Å². The van der Waals surface area contributed by atoms with Gasteiger partial charge in [-0.1, -0.05) is 11.6 Å². The zero-order chi connectivity index (χ0) is 13.8. The van der Waals surface area contributed by atoms with E-state index in [1.807, 2.05) is 19.1 Å². The van der Waals surface area contributed by atoms with Gasteiger partial charge in [-0.3, -0.25) is 4.90 Å². The first-order valence-corrected chi connectivity index (χ1v) is 7.41. The van der Waals surface area contributed by atoms with Crippen molar-refractivity contribution in [2.75, 3.05) is 26.2 Å². The van der Waals surface area contributed by atoms with Crippen molar-refractivity contribution in [3.63, 3.8) is 0 Å². The second kappa shape index (κ2) is 9.80. The highest BCUT2D eigenvalue weighted by Gasteiger charge is 2.22. The van der Waals surface area contributed by atoms with Gasteiger partial charge in [0.25, 0.3) is 0 Å². The molecule has 0 spiro atoms. The predicted molar refractivity (Wildman–Crippen MR) is 95.2 cm³/mol. The summed E-state index contributed by atoms with van der Waals surface area (Å²) in [5, 5.41) is 3.36. The van der Waals surface area contributed by atoms with Crippen LogP contribution in [0.3, 0.4) is 0 Å². The van der Waals surface area contributed by atoms with Crippen LogP contribution in [0.4, 0.5) is 4.39 Å². The lowest BCUT2D eigenvalue weighted by atomic mass is 9.98. The maximum Gasteiger partial charge on any atom is 0.137 e. The maximum atomic E-state index is 13.4. The van der Waals surface area contributed by atoms with Crippen molar-refractivity contribution >= 4 is 40.7 Å². The summed E-state index contributed by atoms with van der Waals surface area (Å²) in [5.41, 5.74) is 2.31. The topological polar surface area (TPSA) is 15.3 Å². The average Bonchev–Trinajstić information content (AvgIpc) is 2.40. The normalized spacial score (nSPS) is 16.5. The molecule has 0 aromatic heterocycles. The summed E-state index contributed by atoms with van der Waals surface area (Å²) in [6, 6.07) is 5.60. The van der Waals surface area contributed by atoms with E-state index in [0.717, 1.165) is 43.7 Å². The molecule has 6 heteroatoms. The third kappa shape index (κ3) is 5.87. The van der Waals surface area contributed by atoms with Gasteiger partial charge >= 0.3 is 0 Å². The molecule has 0 radical (unpaired) electrons. The highest BCUT2D eigenvalue weighted by molar-refractivity contribution is 9.10. The molecule has 1 saturated heterocycles. The Morgan fingerprint density at radius 1 is 1.38 bits per heavy atom. The van der Waals surface area contributed by atoms with E-state index in [1.54, 1.807) is 0 Å². The van der Waals surface area contributed by atoms with Crippen LogP contribution in [-0.2, 0) is 0 Å². The van der Waals surface area contributed by atoms with Crippen molar-refractivity contribution in [2.45, 2.75) is 19.4 Å². The molecule has 0 unspecified atom stereocenters. The van der Waals surface area contributed by atoms with E-state index in [1.165, 1.54) is 6.07 Å². The van der Waals surface area contributed by atoms with Crippen LogP contribution in [-0.4, -0.2) is 31.1 Å². The highest BCUT2D eigenvalue weighted by Crippen LogP contribution is 2.30. The Labute approximate surface area is 147 Å². The Morgan fingerprint density at radius 3 is 2.52 bits per heavy atom. The van der Waals surface area contributed by atoms with E-state index in [9.17, 15) is 4.39 Å². The largest absolute Gasteiger partial charge is 0.314 e. The number of nitrogens with zero attached hydrogens (tertiary/aromatic N) is 1. The molecule has 0 amide bonds. The van der Waals surface area contributed by atoms with Crippen LogP contribution < -0.4 is 5.32 Å². The lowest BCUT2D eigenvalue weighted by Crippen LogP contribution is -2.45. The number of hydrogen-bond acceptors (Lipinski definition) is 2. The molecule has 2 nitrogen and oxygen atoms in total. The number of rotatable bonds is 4. The Bertz CT molecular complexity index is 465. The second-order valence-electron chi connectivity index (χ2n) is 5.14. The Balaban J connectivity index is 0.00000200. The van der Waals surface area contributed by atoms with Gasteiger partial charge in [-0.25, -0.2) is 4.39 Å². The molecule has 1 fully saturated rings. The van der Waals surface area contributed by atoms with Crippen molar-refractivity contribution in [1.82, 2.24) is 10.2 Å². The van der Waals surface area contributed by atoms with E-state index in [4.69, 9.17) is 0 Å². The number of benzene rings is 1. The fraction of sp³-hybridized carbons (Fsp3) is 0.467. The van der Waals surface area contributed by atoms with Gasteiger partial charge < -0.3 is 5.32 Å². The predicted octanol–water partition coefficient (Wildman–Crippen LogP) is 4.34. The molecule has 1 aromatic carbocycles. The van der Waals surface area contributed by atoms with Crippen LogP contribution in [0.1, 0.15) is 24.9 Å². The van der Waals surface area contributed by atoms with Crippen LogP contribution in [0.15, 0.2) is 34.8 Å². The summed E-state index contributed by atoms with van der Waals surface area (Å²) in [7, 11) is 0. The number of halogens is 4. The van der Waals surface area contributed by atoms with Gasteiger partial charge in [0.2, 0.25) is 0 Å². The van der Waals surface area contributed by atoms with E-state index in [-0.39, 0.29) is 36.7 Å². The third-order valence-electron chi connectivity index (χ3n) is 3.46. The molecular formula is C15H22BrCl2FN2. The molecule has 1 aromatic rings. The monoisotopic (exact) mass is 398 g/mol. The summed E-state index contributed by atoms with van der Waals surface area (Å²) in [6.07, 6.45) is 0.915. The minimum Gasteiger partial charge on any atom is -0.314 e. The zero-order valence-electron chi connectivity index (χ0n) is 12.1. The summed E-state index contributed by atoms with van der Waals surface area (Å²) in [4.78, 5) is 2.45. The van der Waals surface area contributed by atoms with Gasteiger partial charge in [0.15, 0.2) is 0 Å². The van der Waals surface area contributed by atoms with Crippen LogP contribution in [0.2, 0.25) is 0 Å². The van der Waals surface area contributed by atoms with Gasteiger partial charge in [-0.05, 0) is 47.0 Å². The summed E-state index contributed by atoms with van der Waals surface area (Å²) in [6.45, 7) is 10.1. The van der Waals surface area contributed by atoms with Crippen molar-refractivity contribution in [3.8, 4) is 0 Å². The standard InChI is InChI=1S/C15H20BrFN2.2ClH/c1-11(2)9-15(19-7-5-18-6-8-19)12-3-4-14(17)13(16)10-12;;/h3-4,10,15,18H,1,5-9H2,2H3;2*1H/t15-;;/m1../s1. The zero-order valence-corrected chi connectivity index (χ0v) is 15.3. The third-order valence-corrected chi connectivity index (χ3v) is 4.07. The number of hydrogen-bond donors (Lipinski definition) is 1. The molecule has 21 heavy (non-hydrogen) atoms. The van der Waals surface area contributed by atoms with Crippen molar-refractivity contribution in [2.24, 2.45) is 0 Å². The molecular weight excluding hydrogens is 378 g/mol. The van der Waals surface area contributed by atoms with Gasteiger partial charge in [0.05, 0.1) is 4.47 Å².